The topological polar surface area (TPSA) is 57.8 Å². The molecule has 4 heteroatoms. The molecule has 0 amide bonds. The van der Waals surface area contributed by atoms with Gasteiger partial charge in [-0.1, -0.05) is 12.8 Å². The van der Waals surface area contributed by atoms with Gasteiger partial charge < -0.3 is 10.3 Å². The summed E-state index contributed by atoms with van der Waals surface area (Å²) in [6.45, 7) is 0.730. The van der Waals surface area contributed by atoms with E-state index in [4.69, 9.17) is 0 Å². The van der Waals surface area contributed by atoms with Gasteiger partial charge in [0.2, 0.25) is 0 Å². The Hall–Kier alpha value is -1.16. The number of aromatic amines is 1. The van der Waals surface area contributed by atoms with Crippen LogP contribution < -0.4 is 10.9 Å². The summed E-state index contributed by atoms with van der Waals surface area (Å²) in [5.74, 6) is 1.38. The second-order valence-electron chi connectivity index (χ2n) is 5.26. The Bertz CT molecular complexity index is 444. The normalized spacial score (nSPS) is 20.9. The fourth-order valence-electron chi connectivity index (χ4n) is 2.55. The molecule has 92 valence electrons. The summed E-state index contributed by atoms with van der Waals surface area (Å²) < 4.78 is 0. The van der Waals surface area contributed by atoms with E-state index < -0.39 is 0 Å². The number of nitrogens with one attached hydrogen (secondary N) is 2. The van der Waals surface area contributed by atoms with Crippen LogP contribution in [-0.4, -0.2) is 16.0 Å². The summed E-state index contributed by atoms with van der Waals surface area (Å²) in [5, 5.41) is 3.40. The van der Waals surface area contributed by atoms with Gasteiger partial charge in [0.15, 0.2) is 0 Å². The van der Waals surface area contributed by atoms with Crippen LogP contribution in [0.15, 0.2) is 10.9 Å². The molecule has 2 aliphatic rings. The van der Waals surface area contributed by atoms with Crippen molar-refractivity contribution in [2.75, 3.05) is 0 Å². The molecule has 0 saturated heterocycles. The van der Waals surface area contributed by atoms with Crippen LogP contribution in [0.3, 0.4) is 0 Å². The summed E-state index contributed by atoms with van der Waals surface area (Å²) in [6.07, 6.45) is 7.39. The summed E-state index contributed by atoms with van der Waals surface area (Å²) in [6, 6.07) is 2.28. The molecule has 0 aromatic carbocycles. The average Bonchev–Trinajstić information content (AvgIpc) is 2.98. The zero-order valence-electron chi connectivity index (χ0n) is 10.0. The third-order valence-electron chi connectivity index (χ3n) is 3.70. The van der Waals surface area contributed by atoms with E-state index in [1.165, 1.54) is 38.5 Å². The molecule has 2 N–H and O–H groups in total. The van der Waals surface area contributed by atoms with Crippen LogP contribution in [0, 0.1) is 0 Å². The molecule has 0 radical (unpaired) electrons. The lowest BCUT2D eigenvalue weighted by Gasteiger charge is -2.10. The van der Waals surface area contributed by atoms with E-state index in [1.54, 1.807) is 6.07 Å². The zero-order valence-corrected chi connectivity index (χ0v) is 10.0. The van der Waals surface area contributed by atoms with Crippen molar-refractivity contribution in [2.24, 2.45) is 0 Å². The van der Waals surface area contributed by atoms with Crippen molar-refractivity contribution in [3.63, 3.8) is 0 Å². The van der Waals surface area contributed by atoms with Crippen LogP contribution in [0.2, 0.25) is 0 Å². The Kier molecular flexibility index (Phi) is 2.97. The minimum absolute atomic E-state index is 0.00510. The lowest BCUT2D eigenvalue weighted by atomic mass is 10.1. The fraction of sp³-hybridized carbons (Fsp3) is 0.692. The van der Waals surface area contributed by atoms with E-state index in [2.05, 4.69) is 15.3 Å². The van der Waals surface area contributed by atoms with Gasteiger partial charge in [-0.15, -0.1) is 0 Å². The monoisotopic (exact) mass is 233 g/mol. The van der Waals surface area contributed by atoms with Gasteiger partial charge >= 0.3 is 0 Å². The first-order valence-corrected chi connectivity index (χ1v) is 6.65. The predicted octanol–water partition coefficient (Wildman–Crippen LogP) is 1.68. The van der Waals surface area contributed by atoms with Gasteiger partial charge in [0.05, 0.1) is 5.69 Å². The van der Waals surface area contributed by atoms with Crippen molar-refractivity contribution >= 4 is 0 Å². The van der Waals surface area contributed by atoms with Crippen LogP contribution >= 0.6 is 0 Å². The molecule has 2 saturated carbocycles. The van der Waals surface area contributed by atoms with E-state index in [0.717, 1.165) is 18.1 Å². The Morgan fingerprint density at radius 1 is 1.29 bits per heavy atom. The lowest BCUT2D eigenvalue weighted by Crippen LogP contribution is -2.21. The van der Waals surface area contributed by atoms with Gasteiger partial charge in [-0.3, -0.25) is 4.79 Å². The van der Waals surface area contributed by atoms with Crippen LogP contribution in [0.5, 0.6) is 0 Å². The Morgan fingerprint density at radius 2 is 2.06 bits per heavy atom. The number of hydrogen-bond donors (Lipinski definition) is 2. The van der Waals surface area contributed by atoms with E-state index in [1.807, 2.05) is 0 Å². The molecule has 2 aliphatic carbocycles. The van der Waals surface area contributed by atoms with Gasteiger partial charge in [-0.25, -0.2) is 4.98 Å². The molecular weight excluding hydrogens is 214 g/mol. The summed E-state index contributed by atoms with van der Waals surface area (Å²) in [4.78, 5) is 19.1. The van der Waals surface area contributed by atoms with Gasteiger partial charge in [-0.2, -0.15) is 0 Å². The molecule has 4 nitrogen and oxygen atoms in total. The Labute approximate surface area is 101 Å². The smallest absolute Gasteiger partial charge is 0.251 e. The number of aromatic nitrogens is 2. The molecule has 1 aromatic rings. The van der Waals surface area contributed by atoms with Gasteiger partial charge in [0.1, 0.15) is 5.82 Å². The van der Waals surface area contributed by atoms with Crippen molar-refractivity contribution in [1.29, 1.82) is 0 Å². The van der Waals surface area contributed by atoms with Crippen molar-refractivity contribution in [1.82, 2.24) is 15.3 Å². The molecule has 2 fully saturated rings. The van der Waals surface area contributed by atoms with E-state index in [9.17, 15) is 4.79 Å². The highest BCUT2D eigenvalue weighted by Gasteiger charge is 2.22. The van der Waals surface area contributed by atoms with Crippen LogP contribution in [0.4, 0.5) is 0 Å². The van der Waals surface area contributed by atoms with Crippen molar-refractivity contribution in [3.05, 3.63) is 27.9 Å². The van der Waals surface area contributed by atoms with Crippen molar-refractivity contribution in [3.8, 4) is 0 Å². The third-order valence-corrected chi connectivity index (χ3v) is 3.70. The molecule has 0 spiro atoms. The SMILES string of the molecule is O=c1cc(CNC2CC2)nc(C2CCCC2)[nH]1. The molecule has 0 bridgehead atoms. The average molecular weight is 233 g/mol. The first-order chi connectivity index (χ1) is 8.31. The highest BCUT2D eigenvalue weighted by Crippen LogP contribution is 2.31. The molecule has 1 aromatic heterocycles. The first kappa shape index (κ1) is 11.0. The van der Waals surface area contributed by atoms with E-state index in [0.29, 0.717) is 12.0 Å². The van der Waals surface area contributed by atoms with Crippen molar-refractivity contribution in [2.45, 2.75) is 57.0 Å². The highest BCUT2D eigenvalue weighted by molar-refractivity contribution is 5.07. The van der Waals surface area contributed by atoms with Gasteiger partial charge in [0.25, 0.3) is 5.56 Å². The number of H-pyrrole nitrogens is 1. The maximum absolute atomic E-state index is 11.6. The molecular formula is C13H19N3O. The zero-order chi connectivity index (χ0) is 11.7. The lowest BCUT2D eigenvalue weighted by molar-refractivity contribution is 0.630. The molecule has 3 rings (SSSR count). The summed E-state index contributed by atoms with van der Waals surface area (Å²) in [7, 11) is 0. The Balaban J connectivity index is 1.75. The van der Waals surface area contributed by atoms with Crippen molar-refractivity contribution < 1.29 is 0 Å². The number of rotatable bonds is 4. The highest BCUT2D eigenvalue weighted by atomic mass is 16.1. The van der Waals surface area contributed by atoms with Gasteiger partial charge in [0, 0.05) is 24.6 Å². The van der Waals surface area contributed by atoms with E-state index >= 15 is 0 Å². The quantitative estimate of drug-likeness (QED) is 0.832. The summed E-state index contributed by atoms with van der Waals surface area (Å²) in [5.41, 5.74) is 0.886. The third kappa shape index (κ3) is 2.75. The largest absolute Gasteiger partial charge is 0.310 e. The molecule has 1 heterocycles. The van der Waals surface area contributed by atoms with Gasteiger partial charge in [-0.05, 0) is 25.7 Å². The molecule has 0 unspecified atom stereocenters. The van der Waals surface area contributed by atoms with Crippen LogP contribution in [0.1, 0.15) is 56.0 Å². The van der Waals surface area contributed by atoms with E-state index in [-0.39, 0.29) is 5.56 Å². The number of nitrogens with zero attached hydrogens (tertiary/aromatic N) is 1. The Morgan fingerprint density at radius 3 is 2.76 bits per heavy atom. The molecule has 17 heavy (non-hydrogen) atoms. The van der Waals surface area contributed by atoms with Crippen LogP contribution in [0.25, 0.3) is 0 Å². The standard InChI is InChI=1S/C13H19N3O/c17-12-7-11(8-14-10-5-6-10)15-13(16-12)9-3-1-2-4-9/h7,9-10,14H,1-6,8H2,(H,15,16,17). The minimum atomic E-state index is -0.00510. The molecule has 0 aliphatic heterocycles. The predicted molar refractivity (Wildman–Crippen MR) is 65.9 cm³/mol. The van der Waals surface area contributed by atoms with Crippen LogP contribution in [-0.2, 0) is 6.54 Å². The number of hydrogen-bond acceptors (Lipinski definition) is 3. The fourth-order valence-corrected chi connectivity index (χ4v) is 2.55. The first-order valence-electron chi connectivity index (χ1n) is 6.65. The molecule has 0 atom stereocenters. The second kappa shape index (κ2) is 4.61. The summed E-state index contributed by atoms with van der Waals surface area (Å²) >= 11 is 0. The maximum Gasteiger partial charge on any atom is 0.251 e. The second-order valence-corrected chi connectivity index (χ2v) is 5.26. The maximum atomic E-state index is 11.6. The minimum Gasteiger partial charge on any atom is -0.310 e.